The van der Waals surface area contributed by atoms with E-state index in [4.69, 9.17) is 9.94 Å². The van der Waals surface area contributed by atoms with Crippen molar-refractivity contribution < 1.29 is 27.5 Å². The normalized spacial score (nSPS) is 13.2. The lowest BCUT2D eigenvalue weighted by molar-refractivity contribution is -0.131. The highest BCUT2D eigenvalue weighted by molar-refractivity contribution is 7.92. The van der Waals surface area contributed by atoms with Gasteiger partial charge in [0.15, 0.2) is 14.6 Å². The van der Waals surface area contributed by atoms with Crippen LogP contribution in [0.25, 0.3) is 22.3 Å². The summed E-state index contributed by atoms with van der Waals surface area (Å²) < 4.78 is 43.1. The summed E-state index contributed by atoms with van der Waals surface area (Å²) in [6, 6.07) is 11.6. The van der Waals surface area contributed by atoms with Gasteiger partial charge in [-0.1, -0.05) is 24.3 Å². The predicted molar refractivity (Wildman–Crippen MR) is 124 cm³/mol. The molecule has 1 atom stereocenters. The number of amides is 1. The Hall–Kier alpha value is -3.57. The van der Waals surface area contributed by atoms with Gasteiger partial charge in [-0.25, -0.2) is 23.3 Å². The number of pyridine rings is 2. The number of carbonyl (C=O) groups excluding carboxylic acids is 1. The third-order valence-electron chi connectivity index (χ3n) is 5.78. The van der Waals surface area contributed by atoms with Crippen LogP contribution in [0.4, 0.5) is 4.39 Å². The number of hydrogen-bond acceptors (Lipinski definition) is 7. The number of aryl methyl sites for hydroxylation is 1. The summed E-state index contributed by atoms with van der Waals surface area (Å²) in [6.45, 7) is 0.875. The third kappa shape index (κ3) is 5.00. The Morgan fingerprint density at radius 2 is 1.79 bits per heavy atom. The van der Waals surface area contributed by atoms with Crippen molar-refractivity contribution in [2.75, 3.05) is 13.4 Å². The third-order valence-corrected chi connectivity index (χ3v) is 7.81. The van der Waals surface area contributed by atoms with Crippen LogP contribution in [0.1, 0.15) is 13.3 Å². The van der Waals surface area contributed by atoms with E-state index >= 15 is 0 Å². The molecule has 9 nitrogen and oxygen atoms in total. The van der Waals surface area contributed by atoms with Gasteiger partial charge in [-0.2, -0.15) is 0 Å². The molecule has 0 saturated carbocycles. The van der Waals surface area contributed by atoms with E-state index in [1.807, 2.05) is 6.07 Å². The van der Waals surface area contributed by atoms with Crippen LogP contribution in [0, 0.1) is 5.82 Å². The molecule has 0 aliphatic carbocycles. The Balaban J connectivity index is 1.85. The standard InChI is InChI=1S/C23H24FN3O6S/c1-23(22(29)26-30,34(3,31)32)10-11-27-14-19(24)18(12-21(27)28)16-6-4-15(5-7-16)17-8-9-20(33-2)25-13-17/h4-9,12-14,30H,10-11H2,1-3H3,(H,26,29). The van der Waals surface area contributed by atoms with Gasteiger partial charge in [0, 0.05) is 48.5 Å². The van der Waals surface area contributed by atoms with E-state index in [-0.39, 0.29) is 18.5 Å². The number of carbonyl (C=O) groups is 1. The number of aromatic nitrogens is 2. The number of nitrogens with zero attached hydrogens (tertiary/aromatic N) is 2. The van der Waals surface area contributed by atoms with Crippen LogP contribution in [0.2, 0.25) is 0 Å². The van der Waals surface area contributed by atoms with Gasteiger partial charge in [-0.3, -0.25) is 14.8 Å². The summed E-state index contributed by atoms with van der Waals surface area (Å²) in [5, 5.41) is 8.91. The molecule has 3 rings (SSSR count). The number of rotatable bonds is 8. The van der Waals surface area contributed by atoms with Crippen molar-refractivity contribution in [1.82, 2.24) is 15.0 Å². The van der Waals surface area contributed by atoms with Crippen LogP contribution in [0.5, 0.6) is 5.88 Å². The van der Waals surface area contributed by atoms with E-state index in [1.165, 1.54) is 12.6 Å². The minimum Gasteiger partial charge on any atom is -0.481 e. The van der Waals surface area contributed by atoms with E-state index in [0.29, 0.717) is 11.4 Å². The summed E-state index contributed by atoms with van der Waals surface area (Å²) in [7, 11) is -2.42. The van der Waals surface area contributed by atoms with Gasteiger partial charge in [0.2, 0.25) is 5.88 Å². The van der Waals surface area contributed by atoms with E-state index in [9.17, 15) is 22.4 Å². The molecule has 0 spiro atoms. The Bertz CT molecular complexity index is 1350. The second kappa shape index (κ2) is 9.74. The number of halogens is 1. The van der Waals surface area contributed by atoms with Crippen LogP contribution >= 0.6 is 0 Å². The lowest BCUT2D eigenvalue weighted by Crippen LogP contribution is -2.50. The molecule has 0 aliphatic heterocycles. The second-order valence-electron chi connectivity index (χ2n) is 7.93. The maximum Gasteiger partial charge on any atom is 0.264 e. The van der Waals surface area contributed by atoms with Crippen molar-refractivity contribution in [2.24, 2.45) is 0 Å². The molecule has 2 N–H and O–H groups in total. The molecule has 3 aromatic rings. The molecule has 1 amide bonds. The van der Waals surface area contributed by atoms with Crippen LogP contribution < -0.4 is 15.8 Å². The fourth-order valence-electron chi connectivity index (χ4n) is 3.37. The van der Waals surface area contributed by atoms with Crippen LogP contribution in [-0.4, -0.2) is 47.2 Å². The van der Waals surface area contributed by atoms with Crippen molar-refractivity contribution >= 4 is 15.7 Å². The van der Waals surface area contributed by atoms with Gasteiger partial charge in [0.1, 0.15) is 5.82 Å². The van der Waals surface area contributed by atoms with E-state index in [2.05, 4.69) is 4.98 Å². The highest BCUT2D eigenvalue weighted by Gasteiger charge is 2.43. The van der Waals surface area contributed by atoms with Crippen molar-refractivity contribution in [3.63, 3.8) is 0 Å². The highest BCUT2D eigenvalue weighted by atomic mass is 32.2. The largest absolute Gasteiger partial charge is 0.481 e. The van der Waals surface area contributed by atoms with Crippen molar-refractivity contribution in [3.8, 4) is 28.1 Å². The van der Waals surface area contributed by atoms with Gasteiger partial charge >= 0.3 is 0 Å². The molecular formula is C23H24FN3O6S. The number of hydroxylamine groups is 1. The number of sulfone groups is 1. The number of ether oxygens (including phenoxy) is 1. The van der Waals surface area contributed by atoms with Crippen LogP contribution in [0.15, 0.2) is 59.7 Å². The van der Waals surface area contributed by atoms with Crippen molar-refractivity contribution in [2.45, 2.75) is 24.6 Å². The monoisotopic (exact) mass is 489 g/mol. The van der Waals surface area contributed by atoms with Gasteiger partial charge in [0.05, 0.1) is 7.11 Å². The Kier molecular flexibility index (Phi) is 7.18. The van der Waals surface area contributed by atoms with E-state index in [0.717, 1.165) is 41.1 Å². The SMILES string of the molecule is COc1ccc(-c2ccc(-c3cc(=O)n(CCC(C)(C(=O)NO)S(C)(=O)=O)cc3F)cc2)cn1. The molecular weight excluding hydrogens is 465 g/mol. The summed E-state index contributed by atoms with van der Waals surface area (Å²) in [5.74, 6) is -1.34. The van der Waals surface area contributed by atoms with Crippen LogP contribution in [-0.2, 0) is 21.2 Å². The molecule has 180 valence electrons. The maximum absolute atomic E-state index is 14.9. The minimum atomic E-state index is -3.94. The minimum absolute atomic E-state index is 0.0830. The lowest BCUT2D eigenvalue weighted by atomic mass is 10.0. The molecule has 2 heterocycles. The summed E-state index contributed by atoms with van der Waals surface area (Å²) in [5.41, 5.74) is 3.01. The Morgan fingerprint density at radius 1 is 1.18 bits per heavy atom. The van der Waals surface area contributed by atoms with Crippen molar-refractivity contribution in [3.05, 3.63) is 71.0 Å². The molecule has 1 unspecified atom stereocenters. The first kappa shape index (κ1) is 25.1. The number of hydrogen-bond donors (Lipinski definition) is 2. The van der Waals surface area contributed by atoms with Gasteiger partial charge in [-0.05, 0) is 30.5 Å². The zero-order chi connectivity index (χ0) is 25.1. The first-order valence-electron chi connectivity index (χ1n) is 10.1. The fraction of sp³-hybridized carbons (Fsp3) is 0.261. The molecule has 0 radical (unpaired) electrons. The molecule has 0 fully saturated rings. The Morgan fingerprint density at radius 3 is 2.32 bits per heavy atom. The maximum atomic E-state index is 14.9. The molecule has 0 bridgehead atoms. The van der Waals surface area contributed by atoms with Gasteiger partial charge < -0.3 is 9.30 Å². The first-order chi connectivity index (χ1) is 16.0. The molecule has 1 aromatic carbocycles. The molecule has 0 saturated heterocycles. The number of methoxy groups -OCH3 is 1. The zero-order valence-electron chi connectivity index (χ0n) is 18.8. The smallest absolute Gasteiger partial charge is 0.264 e. The van der Waals surface area contributed by atoms with Gasteiger partial charge in [0.25, 0.3) is 11.5 Å². The zero-order valence-corrected chi connectivity index (χ0v) is 19.6. The summed E-state index contributed by atoms with van der Waals surface area (Å²) in [6.07, 6.45) is 3.12. The second-order valence-corrected chi connectivity index (χ2v) is 10.4. The summed E-state index contributed by atoms with van der Waals surface area (Å²) in [4.78, 5) is 28.7. The topological polar surface area (TPSA) is 128 Å². The molecule has 34 heavy (non-hydrogen) atoms. The number of nitrogens with one attached hydrogen (secondary N) is 1. The lowest BCUT2D eigenvalue weighted by Gasteiger charge is -2.25. The quantitative estimate of drug-likeness (QED) is 0.367. The predicted octanol–water partition coefficient (Wildman–Crippen LogP) is 2.42. The molecule has 0 aliphatic rings. The Labute approximate surface area is 195 Å². The molecule has 2 aromatic heterocycles. The fourth-order valence-corrected chi connectivity index (χ4v) is 4.22. The van der Waals surface area contributed by atoms with E-state index in [1.54, 1.807) is 36.5 Å². The average Bonchev–Trinajstić information content (AvgIpc) is 2.83. The molecule has 11 heteroatoms. The van der Waals surface area contributed by atoms with E-state index < -0.39 is 31.9 Å². The van der Waals surface area contributed by atoms with Crippen molar-refractivity contribution in [1.29, 1.82) is 0 Å². The van der Waals surface area contributed by atoms with Gasteiger partial charge in [-0.15, -0.1) is 0 Å². The number of benzene rings is 1. The van der Waals surface area contributed by atoms with Crippen LogP contribution in [0.3, 0.4) is 0 Å². The first-order valence-corrected chi connectivity index (χ1v) is 12.0. The summed E-state index contributed by atoms with van der Waals surface area (Å²) >= 11 is 0. The average molecular weight is 490 g/mol. The highest BCUT2D eigenvalue weighted by Crippen LogP contribution is 2.27.